The van der Waals surface area contributed by atoms with E-state index in [0.717, 1.165) is 6.07 Å². The van der Waals surface area contributed by atoms with E-state index in [-0.39, 0.29) is 30.6 Å². The molecule has 0 saturated carbocycles. The molecule has 8 heteroatoms. The Balaban J connectivity index is 2.03. The Kier molecular flexibility index (Phi) is 4.49. The first-order valence-electron chi connectivity index (χ1n) is 6.34. The number of hydrogen-bond donors (Lipinski definition) is 4. The van der Waals surface area contributed by atoms with Crippen molar-refractivity contribution in [3.8, 4) is 0 Å². The van der Waals surface area contributed by atoms with Crippen molar-refractivity contribution in [2.24, 2.45) is 0 Å². The van der Waals surface area contributed by atoms with Crippen LogP contribution in [-0.2, 0) is 14.4 Å². The molecule has 4 N–H and O–H groups in total. The van der Waals surface area contributed by atoms with E-state index in [2.05, 4.69) is 21.3 Å². The molecule has 0 radical (unpaired) electrons. The molecule has 0 bridgehead atoms. The van der Waals surface area contributed by atoms with Gasteiger partial charge in [-0.15, -0.1) is 0 Å². The smallest absolute Gasteiger partial charge is 0.243 e. The van der Waals surface area contributed by atoms with E-state index in [0.29, 0.717) is 5.69 Å². The minimum Gasteiger partial charge on any atom is -0.353 e. The second-order valence-electron chi connectivity index (χ2n) is 4.60. The van der Waals surface area contributed by atoms with Crippen LogP contribution in [0.5, 0.6) is 0 Å². The lowest BCUT2D eigenvalue weighted by Gasteiger charge is -2.23. The molecule has 1 unspecified atom stereocenters. The first kappa shape index (κ1) is 14.9. The second-order valence-corrected chi connectivity index (χ2v) is 4.60. The second kappa shape index (κ2) is 6.31. The highest BCUT2D eigenvalue weighted by Gasteiger charge is 2.23. The molecule has 1 aromatic carbocycles. The number of hydrogen-bond acceptors (Lipinski definition) is 4. The van der Waals surface area contributed by atoms with Gasteiger partial charge in [-0.25, -0.2) is 4.39 Å². The normalized spacial score (nSPS) is 17.8. The van der Waals surface area contributed by atoms with Gasteiger partial charge in [0.2, 0.25) is 17.7 Å². The first-order chi connectivity index (χ1) is 9.95. The highest BCUT2D eigenvalue weighted by molar-refractivity contribution is 5.97. The van der Waals surface area contributed by atoms with E-state index < -0.39 is 17.8 Å². The Labute approximate surface area is 120 Å². The highest BCUT2D eigenvalue weighted by atomic mass is 19.1. The van der Waals surface area contributed by atoms with Gasteiger partial charge < -0.3 is 16.0 Å². The van der Waals surface area contributed by atoms with Gasteiger partial charge in [-0.05, 0) is 18.2 Å². The molecule has 0 spiro atoms. The van der Waals surface area contributed by atoms with Gasteiger partial charge in [-0.3, -0.25) is 19.7 Å². The number of halogens is 1. The zero-order chi connectivity index (χ0) is 15.4. The van der Waals surface area contributed by atoms with Crippen molar-refractivity contribution in [2.45, 2.75) is 13.0 Å². The number of amides is 3. The molecular formula is C13H15FN4O3. The monoisotopic (exact) mass is 294 g/mol. The average molecular weight is 294 g/mol. The molecule has 1 fully saturated rings. The van der Waals surface area contributed by atoms with Gasteiger partial charge in [0.1, 0.15) is 11.9 Å². The third-order valence-electron chi connectivity index (χ3n) is 2.87. The molecule has 1 saturated heterocycles. The van der Waals surface area contributed by atoms with Crippen LogP contribution in [0.15, 0.2) is 18.2 Å². The topological polar surface area (TPSA) is 99.3 Å². The van der Waals surface area contributed by atoms with Crippen molar-refractivity contribution in [2.75, 3.05) is 23.7 Å². The van der Waals surface area contributed by atoms with Crippen LogP contribution in [0.2, 0.25) is 0 Å². The summed E-state index contributed by atoms with van der Waals surface area (Å²) in [5.74, 6) is -1.52. The summed E-state index contributed by atoms with van der Waals surface area (Å²) >= 11 is 0. The Morgan fingerprint density at radius 1 is 1.33 bits per heavy atom. The van der Waals surface area contributed by atoms with Crippen LogP contribution in [0.1, 0.15) is 6.92 Å². The third-order valence-corrected chi connectivity index (χ3v) is 2.87. The Hall–Kier alpha value is -2.48. The van der Waals surface area contributed by atoms with Crippen molar-refractivity contribution in [3.05, 3.63) is 24.0 Å². The van der Waals surface area contributed by atoms with Gasteiger partial charge in [-0.1, -0.05) is 0 Å². The summed E-state index contributed by atoms with van der Waals surface area (Å²) in [4.78, 5) is 33.9. The van der Waals surface area contributed by atoms with Crippen molar-refractivity contribution in [3.63, 3.8) is 0 Å². The van der Waals surface area contributed by atoms with Crippen molar-refractivity contribution in [1.82, 2.24) is 10.6 Å². The first-order valence-corrected chi connectivity index (χ1v) is 6.34. The van der Waals surface area contributed by atoms with Crippen molar-refractivity contribution < 1.29 is 18.8 Å². The van der Waals surface area contributed by atoms with Crippen LogP contribution in [0.3, 0.4) is 0 Å². The summed E-state index contributed by atoms with van der Waals surface area (Å²) in [6.07, 6.45) is 0. The summed E-state index contributed by atoms with van der Waals surface area (Å²) in [5, 5.41) is 10.3. The molecule has 1 aliphatic heterocycles. The Morgan fingerprint density at radius 3 is 2.71 bits per heavy atom. The molecular weight excluding hydrogens is 279 g/mol. The maximum atomic E-state index is 13.5. The molecule has 21 heavy (non-hydrogen) atoms. The molecule has 1 atom stereocenters. The van der Waals surface area contributed by atoms with Crippen LogP contribution < -0.4 is 21.3 Å². The van der Waals surface area contributed by atoms with E-state index >= 15 is 0 Å². The minimum atomic E-state index is -0.591. The van der Waals surface area contributed by atoms with Crippen molar-refractivity contribution >= 4 is 29.1 Å². The number of anilines is 2. The zero-order valence-electron chi connectivity index (χ0n) is 11.3. The van der Waals surface area contributed by atoms with E-state index in [4.69, 9.17) is 0 Å². The largest absolute Gasteiger partial charge is 0.353 e. The number of rotatable bonds is 3. The fraction of sp³-hybridized carbons (Fsp3) is 0.308. The van der Waals surface area contributed by atoms with Gasteiger partial charge in [0, 0.05) is 19.2 Å². The molecule has 112 valence electrons. The van der Waals surface area contributed by atoms with Gasteiger partial charge >= 0.3 is 0 Å². The molecule has 7 nitrogen and oxygen atoms in total. The summed E-state index contributed by atoms with van der Waals surface area (Å²) in [5.41, 5.74) is 0.342. The van der Waals surface area contributed by atoms with Gasteiger partial charge in [0.05, 0.1) is 12.2 Å². The highest BCUT2D eigenvalue weighted by Crippen LogP contribution is 2.19. The summed E-state index contributed by atoms with van der Waals surface area (Å²) in [6.45, 7) is 1.52. The number of piperazine rings is 1. The lowest BCUT2D eigenvalue weighted by atomic mass is 10.2. The maximum absolute atomic E-state index is 13.5. The van der Waals surface area contributed by atoms with Crippen LogP contribution in [0.25, 0.3) is 0 Å². The fourth-order valence-electron chi connectivity index (χ4n) is 1.87. The molecule has 0 aliphatic carbocycles. The average Bonchev–Trinajstić information content (AvgIpc) is 2.42. The minimum absolute atomic E-state index is 0.00907. The van der Waals surface area contributed by atoms with Gasteiger partial charge in [0.25, 0.3) is 0 Å². The number of carbonyl (C=O) groups is 3. The molecule has 1 aromatic rings. The fourth-order valence-corrected chi connectivity index (χ4v) is 1.87. The van der Waals surface area contributed by atoms with Gasteiger partial charge in [-0.2, -0.15) is 0 Å². The van der Waals surface area contributed by atoms with E-state index in [1.807, 2.05) is 0 Å². The molecule has 1 aliphatic rings. The predicted octanol–water partition coefficient (Wildman–Crippen LogP) is -0.189. The van der Waals surface area contributed by atoms with Crippen LogP contribution in [-0.4, -0.2) is 36.9 Å². The summed E-state index contributed by atoms with van der Waals surface area (Å²) < 4.78 is 13.5. The number of carbonyl (C=O) groups excluding carboxylic acids is 3. The van der Waals surface area contributed by atoms with E-state index in [9.17, 15) is 18.8 Å². The van der Waals surface area contributed by atoms with Crippen molar-refractivity contribution in [1.29, 1.82) is 0 Å². The van der Waals surface area contributed by atoms with Crippen LogP contribution in [0.4, 0.5) is 15.8 Å². The van der Waals surface area contributed by atoms with E-state index in [1.54, 1.807) is 0 Å². The standard InChI is InChI=1S/C13H15FN4O3/c1-7(19)17-10-4-8(2-3-9(10)14)18-13(21)11-5-16-12(20)6-15-11/h2-4,11,15H,5-6H2,1H3,(H,16,20)(H,17,19)(H,18,21). The maximum Gasteiger partial charge on any atom is 0.243 e. The lowest BCUT2D eigenvalue weighted by molar-refractivity contribution is -0.124. The predicted molar refractivity (Wildman–Crippen MR) is 74.1 cm³/mol. The number of benzene rings is 1. The zero-order valence-corrected chi connectivity index (χ0v) is 11.3. The van der Waals surface area contributed by atoms with Crippen LogP contribution in [0, 0.1) is 5.82 Å². The summed E-state index contributed by atoms with van der Waals surface area (Å²) in [7, 11) is 0. The number of nitrogens with one attached hydrogen (secondary N) is 4. The summed E-state index contributed by atoms with van der Waals surface area (Å²) in [6, 6.07) is 3.31. The quantitative estimate of drug-likeness (QED) is 0.621. The SMILES string of the molecule is CC(=O)Nc1cc(NC(=O)C2CNC(=O)CN2)ccc1F. The molecule has 3 amide bonds. The Morgan fingerprint density at radius 2 is 2.10 bits per heavy atom. The van der Waals surface area contributed by atoms with Gasteiger partial charge in [0.15, 0.2) is 0 Å². The molecule has 0 aromatic heterocycles. The van der Waals surface area contributed by atoms with Crippen LogP contribution >= 0.6 is 0 Å². The molecule has 2 rings (SSSR count). The lowest BCUT2D eigenvalue weighted by Crippen LogP contribution is -2.56. The molecule has 1 heterocycles. The third kappa shape index (κ3) is 3.99. The Bertz CT molecular complexity index is 581. The van der Waals surface area contributed by atoms with E-state index in [1.165, 1.54) is 19.1 Å².